The molecule has 0 saturated carbocycles. The summed E-state index contributed by atoms with van der Waals surface area (Å²) in [6.07, 6.45) is 10.9. The number of ketones is 1. The van der Waals surface area contributed by atoms with Crippen molar-refractivity contribution in [2.45, 2.75) is 32.1 Å². The number of nitrogens with zero attached hydrogens (tertiary/aromatic N) is 1. The second-order valence-corrected chi connectivity index (χ2v) is 8.80. The number of allylic oxidation sites excluding steroid dienone is 1. The number of benzene rings is 3. The molecular weight excluding hydrogens is 469 g/mol. The standard InChI is InChI=1S/C31H28FNO4/c32-26-13-11-25(12-14-26)29(34)19-10-24-8-17-28(18-9-24)37-22-4-2-1-3-5-23-6-15-27(16-7-23)33-30(35)20-21-31(33)36/h6-21H,1-5,22H2/b19-10+. The van der Waals surface area contributed by atoms with Gasteiger partial charge in [0.15, 0.2) is 5.78 Å². The van der Waals surface area contributed by atoms with Crippen LogP contribution in [-0.4, -0.2) is 24.2 Å². The summed E-state index contributed by atoms with van der Waals surface area (Å²) < 4.78 is 18.8. The molecule has 0 atom stereocenters. The molecule has 0 saturated heterocycles. The highest BCUT2D eigenvalue weighted by Crippen LogP contribution is 2.20. The molecule has 0 bridgehead atoms. The van der Waals surface area contributed by atoms with E-state index in [0.717, 1.165) is 43.4 Å². The fourth-order valence-corrected chi connectivity index (χ4v) is 4.00. The molecule has 0 radical (unpaired) electrons. The first kappa shape index (κ1) is 25.8. The molecular formula is C31H28FNO4. The lowest BCUT2D eigenvalue weighted by atomic mass is 10.1. The topological polar surface area (TPSA) is 63.7 Å². The van der Waals surface area contributed by atoms with Gasteiger partial charge in [-0.2, -0.15) is 0 Å². The number of halogens is 1. The van der Waals surface area contributed by atoms with Crippen molar-refractivity contribution in [3.63, 3.8) is 0 Å². The second kappa shape index (κ2) is 12.6. The maximum Gasteiger partial charge on any atom is 0.258 e. The Balaban J connectivity index is 1.10. The summed E-state index contributed by atoms with van der Waals surface area (Å²) in [5.74, 6) is -0.364. The highest BCUT2D eigenvalue weighted by molar-refractivity contribution is 6.28. The van der Waals surface area contributed by atoms with Crippen molar-refractivity contribution < 1.29 is 23.5 Å². The molecule has 0 N–H and O–H groups in total. The largest absolute Gasteiger partial charge is 0.494 e. The van der Waals surface area contributed by atoms with Gasteiger partial charge in [-0.25, -0.2) is 9.29 Å². The van der Waals surface area contributed by atoms with Gasteiger partial charge < -0.3 is 4.74 Å². The Labute approximate surface area is 215 Å². The van der Waals surface area contributed by atoms with Crippen molar-refractivity contribution in [3.8, 4) is 5.75 Å². The first-order chi connectivity index (χ1) is 18.0. The Morgan fingerprint density at radius 2 is 1.43 bits per heavy atom. The molecule has 188 valence electrons. The van der Waals surface area contributed by atoms with Gasteiger partial charge in [-0.3, -0.25) is 14.4 Å². The monoisotopic (exact) mass is 497 g/mol. The van der Waals surface area contributed by atoms with E-state index in [9.17, 15) is 18.8 Å². The minimum Gasteiger partial charge on any atom is -0.494 e. The molecule has 4 rings (SSSR count). The summed E-state index contributed by atoms with van der Waals surface area (Å²) >= 11 is 0. The van der Waals surface area contributed by atoms with Gasteiger partial charge in [0, 0.05) is 17.7 Å². The van der Waals surface area contributed by atoms with Gasteiger partial charge in [-0.15, -0.1) is 0 Å². The smallest absolute Gasteiger partial charge is 0.258 e. The van der Waals surface area contributed by atoms with E-state index in [1.54, 1.807) is 6.08 Å². The van der Waals surface area contributed by atoms with Crippen LogP contribution in [0.2, 0.25) is 0 Å². The fraction of sp³-hybridized carbons (Fsp3) is 0.194. The lowest BCUT2D eigenvalue weighted by Crippen LogP contribution is -2.29. The first-order valence-corrected chi connectivity index (χ1v) is 12.4. The van der Waals surface area contributed by atoms with Gasteiger partial charge >= 0.3 is 0 Å². The molecule has 1 aliphatic rings. The highest BCUT2D eigenvalue weighted by Gasteiger charge is 2.24. The predicted octanol–water partition coefficient (Wildman–Crippen LogP) is 6.33. The number of anilines is 1. The fourth-order valence-electron chi connectivity index (χ4n) is 4.00. The summed E-state index contributed by atoms with van der Waals surface area (Å²) in [5.41, 5.74) is 3.11. The minimum atomic E-state index is -0.367. The maximum atomic E-state index is 13.0. The number of rotatable bonds is 12. The van der Waals surface area contributed by atoms with Crippen LogP contribution in [0.4, 0.5) is 10.1 Å². The van der Waals surface area contributed by atoms with Crippen molar-refractivity contribution in [2.75, 3.05) is 11.5 Å². The van der Waals surface area contributed by atoms with Crippen LogP contribution in [-0.2, 0) is 16.0 Å². The molecule has 0 spiro atoms. The van der Waals surface area contributed by atoms with E-state index in [1.165, 1.54) is 53.0 Å². The van der Waals surface area contributed by atoms with E-state index in [2.05, 4.69) is 0 Å². The molecule has 1 heterocycles. The molecule has 3 aromatic carbocycles. The Kier molecular flexibility index (Phi) is 8.76. The van der Waals surface area contributed by atoms with Gasteiger partial charge in [0.05, 0.1) is 12.3 Å². The number of hydrogen-bond acceptors (Lipinski definition) is 4. The average Bonchev–Trinajstić information content (AvgIpc) is 3.25. The average molecular weight is 498 g/mol. The summed E-state index contributed by atoms with van der Waals surface area (Å²) in [5, 5.41) is 0. The van der Waals surface area contributed by atoms with Crippen LogP contribution in [0.3, 0.4) is 0 Å². The zero-order valence-corrected chi connectivity index (χ0v) is 20.4. The molecule has 37 heavy (non-hydrogen) atoms. The van der Waals surface area contributed by atoms with Crippen LogP contribution >= 0.6 is 0 Å². The Morgan fingerprint density at radius 3 is 2.11 bits per heavy atom. The number of unbranched alkanes of at least 4 members (excludes halogenated alkanes) is 3. The third-order valence-electron chi connectivity index (χ3n) is 6.07. The number of imide groups is 1. The van der Waals surface area contributed by atoms with Crippen molar-refractivity contribution in [3.05, 3.63) is 114 Å². The van der Waals surface area contributed by atoms with Gasteiger partial charge in [0.1, 0.15) is 11.6 Å². The second-order valence-electron chi connectivity index (χ2n) is 8.80. The van der Waals surface area contributed by atoms with Gasteiger partial charge in [-0.05, 0) is 85.0 Å². The Hall–Kier alpha value is -4.32. The molecule has 0 aliphatic carbocycles. The molecule has 2 amide bonds. The quantitative estimate of drug-likeness (QED) is 0.127. The third-order valence-corrected chi connectivity index (χ3v) is 6.07. The molecule has 5 nitrogen and oxygen atoms in total. The first-order valence-electron chi connectivity index (χ1n) is 12.4. The van der Waals surface area contributed by atoms with Gasteiger partial charge in [-0.1, -0.05) is 43.2 Å². The van der Waals surface area contributed by atoms with Gasteiger partial charge in [0.25, 0.3) is 11.8 Å². The van der Waals surface area contributed by atoms with Crippen LogP contribution in [0.15, 0.2) is 91.0 Å². The number of carbonyl (C=O) groups excluding carboxylic acids is 3. The summed E-state index contributed by atoms with van der Waals surface area (Å²) in [6, 6.07) is 20.6. The minimum absolute atomic E-state index is 0.176. The molecule has 3 aromatic rings. The highest BCUT2D eigenvalue weighted by atomic mass is 19.1. The summed E-state index contributed by atoms with van der Waals surface area (Å²) in [6.45, 7) is 0.638. The van der Waals surface area contributed by atoms with E-state index < -0.39 is 0 Å². The van der Waals surface area contributed by atoms with E-state index >= 15 is 0 Å². The lowest BCUT2D eigenvalue weighted by Gasteiger charge is -2.14. The lowest BCUT2D eigenvalue weighted by molar-refractivity contribution is -0.119. The Morgan fingerprint density at radius 1 is 0.784 bits per heavy atom. The summed E-state index contributed by atoms with van der Waals surface area (Å²) in [4.78, 5) is 36.8. The number of aryl methyl sites for hydroxylation is 1. The third kappa shape index (κ3) is 7.34. The van der Waals surface area contributed by atoms with E-state index in [0.29, 0.717) is 17.9 Å². The number of amides is 2. The van der Waals surface area contributed by atoms with Gasteiger partial charge in [0.2, 0.25) is 0 Å². The van der Waals surface area contributed by atoms with Crippen molar-refractivity contribution in [2.24, 2.45) is 0 Å². The number of ether oxygens (including phenoxy) is 1. The predicted molar refractivity (Wildman–Crippen MR) is 142 cm³/mol. The Bertz CT molecular complexity index is 1270. The zero-order chi connectivity index (χ0) is 26.0. The zero-order valence-electron chi connectivity index (χ0n) is 20.4. The van der Waals surface area contributed by atoms with E-state index in [4.69, 9.17) is 4.74 Å². The molecule has 1 aliphatic heterocycles. The normalized spacial score (nSPS) is 13.1. The van der Waals surface area contributed by atoms with E-state index in [1.807, 2.05) is 48.5 Å². The number of carbonyl (C=O) groups is 3. The molecule has 0 fully saturated rings. The van der Waals surface area contributed by atoms with Crippen LogP contribution in [0.25, 0.3) is 6.08 Å². The van der Waals surface area contributed by atoms with Crippen molar-refractivity contribution in [1.82, 2.24) is 0 Å². The molecule has 6 heteroatoms. The van der Waals surface area contributed by atoms with Crippen LogP contribution in [0, 0.1) is 5.82 Å². The number of hydrogen-bond donors (Lipinski definition) is 0. The van der Waals surface area contributed by atoms with Crippen molar-refractivity contribution in [1.29, 1.82) is 0 Å². The maximum absolute atomic E-state index is 13.0. The SMILES string of the molecule is O=C(/C=C/c1ccc(OCCCCCCc2ccc(N3C(=O)C=CC3=O)cc2)cc1)c1ccc(F)cc1. The van der Waals surface area contributed by atoms with Crippen molar-refractivity contribution >= 4 is 29.4 Å². The van der Waals surface area contributed by atoms with Crippen LogP contribution in [0.5, 0.6) is 5.75 Å². The van der Waals surface area contributed by atoms with Crippen LogP contribution < -0.4 is 9.64 Å². The molecule has 0 unspecified atom stereocenters. The van der Waals surface area contributed by atoms with E-state index in [-0.39, 0.29) is 23.4 Å². The summed E-state index contributed by atoms with van der Waals surface area (Å²) in [7, 11) is 0. The van der Waals surface area contributed by atoms with Crippen LogP contribution in [0.1, 0.15) is 47.2 Å². The molecule has 0 aromatic heterocycles.